The average molecular weight is 1210 g/mol. The zero-order valence-corrected chi connectivity index (χ0v) is 50.4. The molecule has 0 bridgehead atoms. The lowest BCUT2D eigenvalue weighted by molar-refractivity contribution is -0.0838. The second-order valence-electron chi connectivity index (χ2n) is 17.2. The number of aromatic nitrogens is 14. The predicted octanol–water partition coefficient (Wildman–Crippen LogP) is 8.05. The van der Waals surface area contributed by atoms with E-state index in [0.717, 1.165) is 17.2 Å². The summed E-state index contributed by atoms with van der Waals surface area (Å²) in [5, 5.41) is 57.8. The van der Waals surface area contributed by atoms with Gasteiger partial charge in [0.1, 0.15) is 29.0 Å². The fourth-order valence-corrected chi connectivity index (χ4v) is 5.17. The molecule has 0 amide bonds. The van der Waals surface area contributed by atoms with Gasteiger partial charge < -0.3 is 35.1 Å². The van der Waals surface area contributed by atoms with Crippen LogP contribution in [0.4, 0.5) is 11.6 Å². The number of methoxy groups -OCH3 is 1. The number of nitrogens with zero attached hydrogens (tertiary/aromatic N) is 18. The largest absolute Gasteiger partial charge is 0.516 e. The van der Waals surface area contributed by atoms with Crippen LogP contribution in [0.5, 0.6) is 0 Å². The normalized spacial score (nSPS) is 13.4. The Kier molecular flexibility index (Phi) is 30.9. The molecule has 1 aliphatic heterocycles. The molecule has 8 rings (SSSR count). The average Bonchev–Trinajstić information content (AvgIpc) is 4.00. The molecule has 1 fully saturated rings. The van der Waals surface area contributed by atoms with Gasteiger partial charge in [0.15, 0.2) is 42.0 Å². The first-order valence-electron chi connectivity index (χ1n) is 22.3. The molecular weight excluding hydrogens is 1150 g/mol. The molecule has 0 saturated carbocycles. The number of alkyl halides is 3. The Hall–Kier alpha value is -5.07. The molecule has 422 valence electrons. The minimum Gasteiger partial charge on any atom is -0.411 e. The van der Waals surface area contributed by atoms with Crippen molar-refractivity contribution in [3.63, 3.8) is 0 Å². The van der Waals surface area contributed by atoms with E-state index >= 15 is 0 Å². The molecule has 0 aliphatic carbocycles. The van der Waals surface area contributed by atoms with Gasteiger partial charge >= 0.3 is 7.12 Å². The molecule has 0 aromatic carbocycles. The molecule has 33 heteroatoms. The lowest BCUT2D eigenvalue weighted by Gasteiger charge is -2.32. The van der Waals surface area contributed by atoms with Crippen molar-refractivity contribution in [2.24, 2.45) is 16.0 Å². The fourth-order valence-electron chi connectivity index (χ4n) is 4.74. The van der Waals surface area contributed by atoms with Crippen LogP contribution in [0, 0.1) is 13.8 Å². The minimum atomic E-state index is -0.750. The highest BCUT2D eigenvalue weighted by Crippen LogP contribution is 2.36. The summed E-state index contributed by atoms with van der Waals surface area (Å²) in [6, 6.07) is 17.1. The van der Waals surface area contributed by atoms with Crippen LogP contribution in [0.25, 0.3) is 11.3 Å². The second-order valence-corrected chi connectivity index (χ2v) is 20.7. The Bertz CT molecular complexity index is 2830. The van der Waals surface area contributed by atoms with Crippen molar-refractivity contribution in [3.05, 3.63) is 98.6 Å². The highest BCUT2D eigenvalue weighted by atomic mass is 35.6. The SMILES string of the molecule is C/C(Cc1ccc(Cl)nn1)=N/O.CC(=Nc1ccc(Cl)nn1)N(C)C.COC(C)(C)N(C)C.Cc1nc2ccc(B3OC(C)(C)C(C)(C)O3)nn2n1.Cc1nc2ccc(Cl)nn2n1.ClC(Cl)Cl.NO.Nc1ccc(Cl)nn1. The number of ether oxygens (including phenoxy) is 1. The van der Waals surface area contributed by atoms with Gasteiger partial charge in [-0.2, -0.15) is 10.2 Å². The number of oxime groups is 1. The first-order valence-corrected chi connectivity index (χ1v) is 25.2. The van der Waals surface area contributed by atoms with Gasteiger partial charge in [0.25, 0.3) is 0 Å². The van der Waals surface area contributed by atoms with Gasteiger partial charge in [-0.15, -0.1) is 50.0 Å². The highest BCUT2D eigenvalue weighted by molar-refractivity contribution is 6.63. The van der Waals surface area contributed by atoms with Gasteiger partial charge in [0, 0.05) is 27.6 Å². The van der Waals surface area contributed by atoms with Gasteiger partial charge in [-0.25, -0.2) is 20.9 Å². The summed E-state index contributed by atoms with van der Waals surface area (Å²) in [6.45, 7) is 19.4. The Balaban J connectivity index is 0.000000463. The Morgan fingerprint density at radius 3 is 1.55 bits per heavy atom. The highest BCUT2D eigenvalue weighted by Gasteiger charge is 2.52. The Morgan fingerprint density at radius 1 is 0.701 bits per heavy atom. The van der Waals surface area contributed by atoms with Crippen molar-refractivity contribution in [1.29, 1.82) is 0 Å². The molecule has 1 aliphatic rings. The first-order chi connectivity index (χ1) is 35.9. The summed E-state index contributed by atoms with van der Waals surface area (Å²) < 4.78 is 19.2. The van der Waals surface area contributed by atoms with Gasteiger partial charge in [0.2, 0.25) is 0 Å². The molecule has 8 heterocycles. The van der Waals surface area contributed by atoms with Crippen LogP contribution in [0.3, 0.4) is 0 Å². The molecule has 1 saturated heterocycles. The summed E-state index contributed by atoms with van der Waals surface area (Å²) >= 11 is 36.5. The van der Waals surface area contributed by atoms with Crippen molar-refractivity contribution in [3.8, 4) is 0 Å². The van der Waals surface area contributed by atoms with Crippen molar-refractivity contribution < 1.29 is 24.5 Å². The van der Waals surface area contributed by atoms with Gasteiger partial charge in [-0.05, 0) is 144 Å². The van der Waals surface area contributed by atoms with Gasteiger partial charge in [0.05, 0.1) is 28.2 Å². The number of nitrogens with two attached hydrogens (primary N) is 2. The van der Waals surface area contributed by atoms with E-state index in [0.29, 0.717) is 67.3 Å². The van der Waals surface area contributed by atoms with E-state index in [4.69, 9.17) is 111 Å². The third-order valence-corrected chi connectivity index (χ3v) is 11.0. The van der Waals surface area contributed by atoms with Crippen molar-refractivity contribution >= 4 is 128 Å². The summed E-state index contributed by atoms with van der Waals surface area (Å²) in [6.07, 6.45) is 0.487. The van der Waals surface area contributed by atoms with Crippen molar-refractivity contribution in [2.45, 2.75) is 96.9 Å². The third kappa shape index (κ3) is 26.4. The van der Waals surface area contributed by atoms with E-state index in [9.17, 15) is 0 Å². The first kappa shape index (κ1) is 69.9. The maximum absolute atomic E-state index is 8.36. The number of hydrogen-bond donors (Lipinski definition) is 4. The number of anilines is 1. The van der Waals surface area contributed by atoms with Crippen LogP contribution in [0.1, 0.15) is 72.7 Å². The number of fused-ring (bicyclic) bond motifs is 2. The Labute approximate surface area is 482 Å². The number of hydrogen-bond acceptors (Lipinski definition) is 22. The maximum Gasteiger partial charge on any atom is 0.516 e. The van der Waals surface area contributed by atoms with E-state index in [2.05, 4.69) is 77.0 Å². The summed E-state index contributed by atoms with van der Waals surface area (Å²) in [5.41, 5.74) is 7.79. The zero-order valence-electron chi connectivity index (χ0n) is 45.1. The van der Waals surface area contributed by atoms with Crippen molar-refractivity contribution in [1.82, 2.24) is 80.0 Å². The summed E-state index contributed by atoms with van der Waals surface area (Å²) in [5.74, 6) is 6.71. The van der Waals surface area contributed by atoms with E-state index in [1.807, 2.05) is 112 Å². The lowest BCUT2D eigenvalue weighted by Crippen LogP contribution is -2.41. The molecular formula is C44H64BCl7N20O5. The molecule has 0 radical (unpaired) electrons. The number of amidine groups is 1. The second kappa shape index (κ2) is 34.1. The molecule has 0 atom stereocenters. The van der Waals surface area contributed by atoms with Crippen LogP contribution < -0.4 is 17.2 Å². The molecule has 6 N–H and O–H groups in total. The topological polar surface area (TPSA) is 315 Å². The zero-order chi connectivity index (χ0) is 58.8. The number of halogens is 7. The number of aryl methyl sites for hydroxylation is 2. The fraction of sp³-hybridized carbons (Fsp3) is 0.455. The van der Waals surface area contributed by atoms with Crippen LogP contribution in [-0.2, 0) is 20.5 Å². The van der Waals surface area contributed by atoms with Gasteiger partial charge in [-0.3, -0.25) is 4.90 Å². The van der Waals surface area contributed by atoms with E-state index in [1.165, 1.54) is 9.26 Å². The summed E-state index contributed by atoms with van der Waals surface area (Å²) in [4.78, 5) is 16.5. The van der Waals surface area contributed by atoms with Gasteiger partial charge in [-0.1, -0.05) is 86.4 Å². The smallest absolute Gasteiger partial charge is 0.411 e. The van der Waals surface area contributed by atoms with E-state index in [1.54, 1.807) is 62.6 Å². The predicted molar refractivity (Wildman–Crippen MR) is 304 cm³/mol. The van der Waals surface area contributed by atoms with Crippen LogP contribution in [-0.4, -0.2) is 166 Å². The molecule has 7 aromatic rings. The molecule has 0 spiro atoms. The lowest BCUT2D eigenvalue weighted by atomic mass is 9.85. The maximum atomic E-state index is 8.36. The van der Waals surface area contributed by atoms with Crippen molar-refractivity contribution in [2.75, 3.05) is 41.0 Å². The number of nitrogen functional groups attached to an aromatic ring is 1. The molecule has 0 unspecified atom stereocenters. The van der Waals surface area contributed by atoms with Crippen LogP contribution in [0.15, 0.2) is 70.8 Å². The number of aliphatic imine (C=N–C) groups is 1. The summed E-state index contributed by atoms with van der Waals surface area (Å²) in [7, 11) is 9.05. The monoisotopic (exact) mass is 1210 g/mol. The molecule has 7 aromatic heterocycles. The van der Waals surface area contributed by atoms with Crippen LogP contribution in [0.2, 0.25) is 20.6 Å². The Morgan fingerprint density at radius 2 is 1.16 bits per heavy atom. The molecule has 25 nitrogen and oxygen atoms in total. The van der Waals surface area contributed by atoms with Crippen LogP contribution >= 0.6 is 81.2 Å². The quantitative estimate of drug-likeness (QED) is 0.0233. The third-order valence-electron chi connectivity index (χ3n) is 10.2. The van der Waals surface area contributed by atoms with E-state index < -0.39 is 11.4 Å². The van der Waals surface area contributed by atoms with E-state index in [-0.39, 0.29) is 16.9 Å². The number of rotatable bonds is 6. The standard InChI is InChI=1S/C12H17BN4O2.C8H11ClN4.C7H8ClN3O.C6H5ClN4.C6H15NO.C4H4ClN3.CHCl3.H3NO/c1-8-14-10-7-6-9(16-17(10)15-8)13-18-11(2,3)12(4,5)19-13;1-6(13(2)3)10-8-5-4-7(9)11-12-8;1-5(11-12)4-6-2-3-7(8)10-9-6;1-4-8-6-3-2-5(7)10-11(6)9-4;1-6(2,8-5)7(3)4;5-3-1-2-4(6)8-7-3;2-1(3)4;1-2/h6-7H,1-5H3;4-5H,1-3H3;2-3,12H,4H2,1H3;2-3H,1H3;1-5H3;1-2H,(H2,6,8);1H;2H,1H2/b;;11-5-;;;;;. The molecule has 77 heavy (non-hydrogen) atoms. The minimum absolute atomic E-state index is 0.125.